The molecule has 3 heterocycles. The summed E-state index contributed by atoms with van der Waals surface area (Å²) >= 11 is 5.95. The maximum absolute atomic E-state index is 13.6. The van der Waals surface area contributed by atoms with Crippen LogP contribution in [0, 0.1) is 5.92 Å². The lowest BCUT2D eigenvalue weighted by molar-refractivity contribution is -0.141. The molecule has 11 heteroatoms. The number of fused-ring (bicyclic) bond motifs is 3. The summed E-state index contributed by atoms with van der Waals surface area (Å²) in [5, 5.41) is 30.7. The number of para-hydroxylation sites is 1. The van der Waals surface area contributed by atoms with Gasteiger partial charge in [-0.15, -0.1) is 0 Å². The third kappa shape index (κ3) is 4.62. The van der Waals surface area contributed by atoms with Crippen molar-refractivity contribution in [1.29, 1.82) is 0 Å². The summed E-state index contributed by atoms with van der Waals surface area (Å²) in [6.07, 6.45) is 1.47. The highest BCUT2D eigenvalue weighted by Crippen LogP contribution is 2.43. The van der Waals surface area contributed by atoms with Gasteiger partial charge >= 0.3 is 0 Å². The summed E-state index contributed by atoms with van der Waals surface area (Å²) in [6, 6.07) is 11.8. The van der Waals surface area contributed by atoms with Gasteiger partial charge in [0.15, 0.2) is 6.23 Å². The Labute approximate surface area is 206 Å². The van der Waals surface area contributed by atoms with Crippen LogP contribution in [0.2, 0.25) is 5.15 Å². The third-order valence-corrected chi connectivity index (χ3v) is 7.00. The summed E-state index contributed by atoms with van der Waals surface area (Å²) in [6.45, 7) is 0.0198. The second-order valence-corrected chi connectivity index (χ2v) is 9.34. The SMILES string of the molecule is O=C(Nc1cccc(Cl)n1)[C@@H]1[C@H]2CC[C@H](C2)N1C(=O)Cn1nc(C(O)NCCO)c2ccccc21. The number of hydrogen-bond acceptors (Lipinski definition) is 7. The van der Waals surface area contributed by atoms with Crippen molar-refractivity contribution < 1.29 is 19.8 Å². The van der Waals surface area contributed by atoms with E-state index in [1.54, 1.807) is 27.8 Å². The quantitative estimate of drug-likeness (QED) is 0.274. The number of carbonyl (C=O) groups excluding carboxylic acids is 2. The van der Waals surface area contributed by atoms with Crippen LogP contribution in [0.1, 0.15) is 31.2 Å². The van der Waals surface area contributed by atoms with E-state index in [4.69, 9.17) is 16.7 Å². The van der Waals surface area contributed by atoms with Crippen LogP contribution in [0.3, 0.4) is 0 Å². The lowest BCUT2D eigenvalue weighted by atomic mass is 9.97. The van der Waals surface area contributed by atoms with Crippen molar-refractivity contribution in [3.05, 3.63) is 53.3 Å². The molecule has 0 spiro atoms. The maximum atomic E-state index is 13.6. The zero-order chi connectivity index (χ0) is 24.5. The topological polar surface area (TPSA) is 133 Å². The van der Waals surface area contributed by atoms with Crippen LogP contribution in [0.4, 0.5) is 5.82 Å². The molecule has 4 atom stereocenters. The van der Waals surface area contributed by atoms with Crippen LogP contribution in [-0.4, -0.2) is 66.9 Å². The monoisotopic (exact) mass is 498 g/mol. The van der Waals surface area contributed by atoms with E-state index in [-0.39, 0.29) is 48.6 Å². The largest absolute Gasteiger partial charge is 0.395 e. The van der Waals surface area contributed by atoms with Gasteiger partial charge in [0.25, 0.3) is 0 Å². The van der Waals surface area contributed by atoms with Crippen molar-refractivity contribution in [3.8, 4) is 0 Å². The summed E-state index contributed by atoms with van der Waals surface area (Å²) in [5.74, 6) is -0.0220. The van der Waals surface area contributed by atoms with Crippen molar-refractivity contribution in [2.24, 2.45) is 5.92 Å². The van der Waals surface area contributed by atoms with Crippen LogP contribution < -0.4 is 10.6 Å². The fourth-order valence-electron chi connectivity index (χ4n) is 5.35. The number of nitrogens with zero attached hydrogens (tertiary/aromatic N) is 4. The van der Waals surface area contributed by atoms with Gasteiger partial charge in [-0.2, -0.15) is 5.10 Å². The number of piperidine rings is 1. The van der Waals surface area contributed by atoms with Gasteiger partial charge < -0.3 is 20.4 Å². The Kier molecular flexibility index (Phi) is 6.70. The fraction of sp³-hybridized carbons (Fsp3) is 0.417. The number of nitrogens with one attached hydrogen (secondary N) is 2. The summed E-state index contributed by atoms with van der Waals surface area (Å²) in [5.41, 5.74) is 1.08. The Morgan fingerprint density at radius 1 is 1.17 bits per heavy atom. The second kappa shape index (κ2) is 9.90. The third-order valence-electron chi connectivity index (χ3n) is 6.79. The standard InChI is InChI=1S/C24H27ClN6O4/c25-18-6-3-7-19(27-18)28-24(35)22-14-8-9-15(12-14)31(22)20(33)13-30-17-5-2-1-4-16(17)21(29-30)23(34)26-10-11-32/h1-7,14-15,22-23,26,32,34H,8-13H2,(H,27,28,35)/t14-,15+,22-,23?/m0/s1. The normalized spacial score (nSPS) is 22.0. The number of anilines is 1. The van der Waals surface area contributed by atoms with Crippen molar-refractivity contribution in [1.82, 2.24) is 25.0 Å². The number of likely N-dealkylation sites (tertiary alicyclic amines) is 1. The molecule has 1 aromatic carbocycles. The minimum atomic E-state index is -1.09. The van der Waals surface area contributed by atoms with E-state index in [0.29, 0.717) is 22.4 Å². The molecule has 35 heavy (non-hydrogen) atoms. The number of hydrogen-bond donors (Lipinski definition) is 4. The van der Waals surface area contributed by atoms with Gasteiger partial charge in [-0.05, 0) is 43.4 Å². The van der Waals surface area contributed by atoms with Crippen molar-refractivity contribution >= 4 is 40.1 Å². The van der Waals surface area contributed by atoms with E-state index in [9.17, 15) is 14.7 Å². The number of rotatable bonds is 8. The van der Waals surface area contributed by atoms with Crippen molar-refractivity contribution in [2.75, 3.05) is 18.5 Å². The average molecular weight is 499 g/mol. The van der Waals surface area contributed by atoms with E-state index in [1.165, 1.54) is 0 Å². The van der Waals surface area contributed by atoms with Gasteiger partial charge in [0.2, 0.25) is 11.8 Å². The first-order valence-electron chi connectivity index (χ1n) is 11.7. The number of aliphatic hydroxyl groups excluding tert-OH is 2. The van der Waals surface area contributed by atoms with Gasteiger partial charge in [0.1, 0.15) is 29.3 Å². The number of halogens is 1. The molecule has 4 N–H and O–H groups in total. The number of benzene rings is 1. The highest BCUT2D eigenvalue weighted by Gasteiger charge is 2.51. The fourth-order valence-corrected chi connectivity index (χ4v) is 5.51. The van der Waals surface area contributed by atoms with E-state index < -0.39 is 12.3 Å². The first-order valence-corrected chi connectivity index (χ1v) is 12.1. The zero-order valence-electron chi connectivity index (χ0n) is 19.0. The van der Waals surface area contributed by atoms with E-state index in [1.807, 2.05) is 24.3 Å². The number of aromatic nitrogens is 3. The Morgan fingerprint density at radius 2 is 2.00 bits per heavy atom. The molecular weight excluding hydrogens is 472 g/mol. The molecule has 2 fully saturated rings. The molecule has 1 saturated carbocycles. The average Bonchev–Trinajstić information content (AvgIpc) is 3.56. The summed E-state index contributed by atoms with van der Waals surface area (Å²) in [4.78, 5) is 32.6. The van der Waals surface area contributed by atoms with Crippen LogP contribution in [0.25, 0.3) is 10.9 Å². The van der Waals surface area contributed by atoms with Crippen molar-refractivity contribution in [2.45, 2.75) is 44.1 Å². The first kappa shape index (κ1) is 23.7. The molecule has 3 aromatic rings. The predicted octanol–water partition coefficient (Wildman–Crippen LogP) is 1.68. The molecule has 1 aliphatic carbocycles. The van der Waals surface area contributed by atoms with Gasteiger partial charge in [-0.3, -0.25) is 19.6 Å². The number of carbonyl (C=O) groups is 2. The van der Waals surface area contributed by atoms with E-state index in [2.05, 4.69) is 20.7 Å². The summed E-state index contributed by atoms with van der Waals surface area (Å²) < 4.78 is 1.57. The molecular formula is C24H27ClN6O4. The minimum absolute atomic E-state index is 0.00804. The lowest BCUT2D eigenvalue weighted by Gasteiger charge is -2.34. The highest BCUT2D eigenvalue weighted by atomic mass is 35.5. The second-order valence-electron chi connectivity index (χ2n) is 8.95. The van der Waals surface area contributed by atoms with Crippen LogP contribution in [0.5, 0.6) is 0 Å². The van der Waals surface area contributed by atoms with E-state index in [0.717, 1.165) is 19.3 Å². The van der Waals surface area contributed by atoms with Crippen LogP contribution >= 0.6 is 11.6 Å². The Bertz CT molecular complexity index is 1250. The van der Waals surface area contributed by atoms with Crippen LogP contribution in [-0.2, 0) is 16.1 Å². The van der Waals surface area contributed by atoms with E-state index >= 15 is 0 Å². The molecule has 1 saturated heterocycles. The molecule has 10 nitrogen and oxygen atoms in total. The minimum Gasteiger partial charge on any atom is -0.395 e. The molecule has 184 valence electrons. The molecule has 2 aliphatic rings. The maximum Gasteiger partial charge on any atom is 0.248 e. The Hall–Kier alpha value is -3.05. The van der Waals surface area contributed by atoms with Gasteiger partial charge in [-0.25, -0.2) is 4.98 Å². The molecule has 2 bridgehead atoms. The lowest BCUT2D eigenvalue weighted by Crippen LogP contribution is -2.52. The number of amides is 2. The Morgan fingerprint density at radius 3 is 2.80 bits per heavy atom. The number of pyridine rings is 1. The van der Waals surface area contributed by atoms with Crippen molar-refractivity contribution in [3.63, 3.8) is 0 Å². The smallest absolute Gasteiger partial charge is 0.248 e. The molecule has 0 radical (unpaired) electrons. The molecule has 1 unspecified atom stereocenters. The van der Waals surface area contributed by atoms with Gasteiger partial charge in [0, 0.05) is 18.0 Å². The highest BCUT2D eigenvalue weighted by molar-refractivity contribution is 6.29. The Balaban J connectivity index is 1.38. The predicted molar refractivity (Wildman–Crippen MR) is 129 cm³/mol. The van der Waals surface area contributed by atoms with Gasteiger partial charge in [-0.1, -0.05) is 35.9 Å². The van der Waals surface area contributed by atoms with Crippen LogP contribution in [0.15, 0.2) is 42.5 Å². The summed E-state index contributed by atoms with van der Waals surface area (Å²) in [7, 11) is 0. The zero-order valence-corrected chi connectivity index (χ0v) is 19.7. The molecule has 2 amide bonds. The first-order chi connectivity index (χ1) is 17.0. The number of aliphatic hydroxyl groups is 2. The van der Waals surface area contributed by atoms with Gasteiger partial charge in [0.05, 0.1) is 12.1 Å². The molecule has 5 rings (SSSR count). The molecule has 1 aliphatic heterocycles. The molecule has 2 aromatic heterocycles.